The van der Waals surface area contributed by atoms with Crippen molar-refractivity contribution in [2.45, 2.75) is 43.7 Å². The zero-order valence-corrected chi connectivity index (χ0v) is 11.5. The first-order valence-corrected chi connectivity index (χ1v) is 6.91. The second-order valence-corrected chi connectivity index (χ2v) is 5.55. The van der Waals surface area contributed by atoms with Crippen molar-refractivity contribution in [3.63, 3.8) is 0 Å². The van der Waals surface area contributed by atoms with Gasteiger partial charge in [-0.15, -0.1) is 0 Å². The lowest BCUT2D eigenvalue weighted by Gasteiger charge is -2.46. The zero-order valence-electron chi connectivity index (χ0n) is 11.5. The van der Waals surface area contributed by atoms with Crippen LogP contribution in [0.5, 0.6) is 0 Å². The van der Waals surface area contributed by atoms with Gasteiger partial charge in [-0.3, -0.25) is 0 Å². The fraction of sp³-hybridized carbons (Fsp3) is 0.600. The molecule has 1 saturated carbocycles. The molecule has 112 valence electrons. The maximum Gasteiger partial charge on any atom is 0.118 e. The van der Waals surface area contributed by atoms with Gasteiger partial charge in [-0.05, 0) is 24.0 Å². The van der Waals surface area contributed by atoms with E-state index in [1.54, 1.807) is 18.2 Å². The lowest BCUT2D eigenvalue weighted by molar-refractivity contribution is -0.213. The molecule has 1 aromatic carbocycles. The van der Waals surface area contributed by atoms with Crippen LogP contribution in [0.4, 0.5) is 0 Å². The molecule has 1 aliphatic carbocycles. The molecule has 0 aromatic heterocycles. The quantitative estimate of drug-likeness (QED) is 0.516. The Hall–Kier alpha value is -0.980. The van der Waals surface area contributed by atoms with Crippen LogP contribution in [0.25, 0.3) is 0 Å². The van der Waals surface area contributed by atoms with Crippen LogP contribution < -0.4 is 0 Å². The molecule has 5 atom stereocenters. The van der Waals surface area contributed by atoms with Crippen LogP contribution in [0.3, 0.4) is 0 Å². The van der Waals surface area contributed by atoms with Crippen LogP contribution in [0.1, 0.15) is 24.5 Å². The Labute approximate surface area is 118 Å². The molecule has 0 spiro atoms. The van der Waals surface area contributed by atoms with E-state index in [4.69, 9.17) is 0 Å². The highest BCUT2D eigenvalue weighted by Gasteiger charge is 2.52. The van der Waals surface area contributed by atoms with Crippen molar-refractivity contribution < 1.29 is 25.5 Å². The molecule has 20 heavy (non-hydrogen) atoms. The van der Waals surface area contributed by atoms with Gasteiger partial charge in [0.2, 0.25) is 0 Å². The van der Waals surface area contributed by atoms with E-state index in [9.17, 15) is 25.5 Å². The minimum absolute atomic E-state index is 0.00391. The molecule has 5 nitrogen and oxygen atoms in total. The molecule has 2 rings (SSSR count). The van der Waals surface area contributed by atoms with Crippen LogP contribution >= 0.6 is 0 Å². The number of benzene rings is 1. The highest BCUT2D eigenvalue weighted by molar-refractivity contribution is 5.31. The maximum atomic E-state index is 10.8. The number of aliphatic hydroxyl groups excluding tert-OH is 4. The third kappa shape index (κ3) is 2.47. The molecular formula is C15H22O5. The first kappa shape index (κ1) is 15.4. The van der Waals surface area contributed by atoms with Crippen LogP contribution in [-0.4, -0.2) is 50.5 Å². The Morgan fingerprint density at radius 1 is 1.20 bits per heavy atom. The minimum Gasteiger partial charge on any atom is -0.396 e. The fourth-order valence-corrected chi connectivity index (χ4v) is 2.91. The van der Waals surface area contributed by atoms with Gasteiger partial charge in [0.15, 0.2) is 0 Å². The van der Waals surface area contributed by atoms with E-state index < -0.39 is 29.8 Å². The summed E-state index contributed by atoms with van der Waals surface area (Å²) >= 11 is 0. The van der Waals surface area contributed by atoms with Crippen LogP contribution in [0.15, 0.2) is 24.3 Å². The number of hydrogen-bond donors (Lipinski definition) is 5. The van der Waals surface area contributed by atoms with Gasteiger partial charge in [-0.25, -0.2) is 0 Å². The Morgan fingerprint density at radius 3 is 2.50 bits per heavy atom. The smallest absolute Gasteiger partial charge is 0.118 e. The lowest BCUT2D eigenvalue weighted by Crippen LogP contribution is -2.59. The number of hydrogen-bond acceptors (Lipinski definition) is 5. The highest BCUT2D eigenvalue weighted by Crippen LogP contribution is 2.40. The second-order valence-electron chi connectivity index (χ2n) is 5.55. The molecule has 0 amide bonds. The predicted octanol–water partition coefficient (Wildman–Crippen LogP) is -0.469. The molecule has 0 aliphatic heterocycles. The van der Waals surface area contributed by atoms with Crippen molar-refractivity contribution in [2.75, 3.05) is 6.61 Å². The summed E-state index contributed by atoms with van der Waals surface area (Å²) in [4.78, 5) is 0. The van der Waals surface area contributed by atoms with Gasteiger partial charge in [-0.2, -0.15) is 0 Å². The average Bonchev–Trinajstić information content (AvgIpc) is 2.49. The topological polar surface area (TPSA) is 101 Å². The first-order chi connectivity index (χ1) is 9.43. The summed E-state index contributed by atoms with van der Waals surface area (Å²) in [7, 11) is 0. The highest BCUT2D eigenvalue weighted by atomic mass is 16.4. The molecule has 0 saturated heterocycles. The van der Waals surface area contributed by atoms with E-state index in [-0.39, 0.29) is 13.0 Å². The van der Waals surface area contributed by atoms with E-state index >= 15 is 0 Å². The van der Waals surface area contributed by atoms with Crippen LogP contribution in [-0.2, 0) is 12.0 Å². The molecule has 0 heterocycles. The molecule has 0 bridgehead atoms. The Kier molecular flexibility index (Phi) is 4.46. The third-order valence-corrected chi connectivity index (χ3v) is 4.29. The monoisotopic (exact) mass is 282 g/mol. The number of aliphatic hydroxyl groups is 5. The van der Waals surface area contributed by atoms with Gasteiger partial charge in [0.1, 0.15) is 17.8 Å². The van der Waals surface area contributed by atoms with Crippen LogP contribution in [0.2, 0.25) is 0 Å². The lowest BCUT2D eigenvalue weighted by atomic mass is 9.69. The van der Waals surface area contributed by atoms with Crippen molar-refractivity contribution in [3.05, 3.63) is 35.4 Å². The standard InChI is InChI=1S/C15H22O5/c1-2-9-4-3-5-11(6-9)15(20)7-10(8-16)12(17)13(18)14(15)19/h3-6,10,12-14,16-20H,2,7-8H2,1H3/t10-,12-,13+,14-,15-/m1/s1. The summed E-state index contributed by atoms with van der Waals surface area (Å²) in [5.74, 6) is -0.677. The van der Waals surface area contributed by atoms with E-state index in [2.05, 4.69) is 0 Å². The minimum atomic E-state index is -1.67. The van der Waals surface area contributed by atoms with Crippen molar-refractivity contribution >= 4 is 0 Å². The van der Waals surface area contributed by atoms with Crippen molar-refractivity contribution in [2.24, 2.45) is 5.92 Å². The normalized spacial score (nSPS) is 37.9. The maximum absolute atomic E-state index is 10.8. The number of aryl methyl sites for hydroxylation is 1. The molecule has 1 aliphatic rings. The number of rotatable bonds is 3. The summed E-state index contributed by atoms with van der Waals surface area (Å²) in [5, 5.41) is 49.9. The zero-order chi connectivity index (χ0) is 14.9. The summed E-state index contributed by atoms with van der Waals surface area (Å²) in [5.41, 5.74) is -0.171. The SMILES string of the molecule is CCc1cccc([C@]2(O)C[C@H](CO)[C@@H](O)[C@H](O)[C@H]2O)c1. The Bertz CT molecular complexity index is 461. The summed E-state index contributed by atoms with van der Waals surface area (Å²) in [6.07, 6.45) is -3.45. The molecule has 5 heteroatoms. The average molecular weight is 282 g/mol. The van der Waals surface area contributed by atoms with Crippen LogP contribution in [0, 0.1) is 5.92 Å². The Morgan fingerprint density at radius 2 is 1.90 bits per heavy atom. The van der Waals surface area contributed by atoms with Crippen molar-refractivity contribution in [3.8, 4) is 0 Å². The largest absolute Gasteiger partial charge is 0.396 e. The summed E-state index contributed by atoms with van der Waals surface area (Å²) in [6.45, 7) is 1.62. The molecule has 0 unspecified atom stereocenters. The van der Waals surface area contributed by atoms with Gasteiger partial charge in [-0.1, -0.05) is 31.2 Å². The molecule has 0 radical (unpaired) electrons. The Balaban J connectivity index is 2.40. The third-order valence-electron chi connectivity index (χ3n) is 4.29. The van der Waals surface area contributed by atoms with E-state index in [1.807, 2.05) is 13.0 Å². The van der Waals surface area contributed by atoms with Gasteiger partial charge in [0.25, 0.3) is 0 Å². The summed E-state index contributed by atoms with van der Waals surface area (Å²) in [6, 6.07) is 7.16. The van der Waals surface area contributed by atoms with Gasteiger partial charge in [0, 0.05) is 12.5 Å². The van der Waals surface area contributed by atoms with Crippen molar-refractivity contribution in [1.82, 2.24) is 0 Å². The van der Waals surface area contributed by atoms with E-state index in [0.29, 0.717) is 5.56 Å². The first-order valence-electron chi connectivity index (χ1n) is 6.91. The molecular weight excluding hydrogens is 260 g/mol. The van der Waals surface area contributed by atoms with Crippen molar-refractivity contribution in [1.29, 1.82) is 0 Å². The van der Waals surface area contributed by atoms with Gasteiger partial charge in [0.05, 0.1) is 6.10 Å². The molecule has 1 aromatic rings. The molecule has 5 N–H and O–H groups in total. The van der Waals surface area contributed by atoms with Gasteiger partial charge >= 0.3 is 0 Å². The fourth-order valence-electron chi connectivity index (χ4n) is 2.91. The van der Waals surface area contributed by atoms with E-state index in [0.717, 1.165) is 12.0 Å². The predicted molar refractivity (Wildman–Crippen MR) is 72.9 cm³/mol. The molecule has 1 fully saturated rings. The van der Waals surface area contributed by atoms with E-state index in [1.165, 1.54) is 0 Å². The summed E-state index contributed by atoms with van der Waals surface area (Å²) < 4.78 is 0. The second kappa shape index (κ2) is 5.79. The van der Waals surface area contributed by atoms with Gasteiger partial charge < -0.3 is 25.5 Å².